The highest BCUT2D eigenvalue weighted by atomic mass is 15.1. The van der Waals surface area contributed by atoms with Crippen LogP contribution in [0.3, 0.4) is 0 Å². The molecule has 39 heavy (non-hydrogen) atoms. The summed E-state index contributed by atoms with van der Waals surface area (Å²) in [7, 11) is 2.14. The Labute approximate surface area is 229 Å². The van der Waals surface area contributed by atoms with Crippen molar-refractivity contribution in [1.82, 2.24) is 4.57 Å². The summed E-state index contributed by atoms with van der Waals surface area (Å²) in [6.07, 6.45) is 0. The summed E-state index contributed by atoms with van der Waals surface area (Å²) >= 11 is 0. The molecule has 0 saturated heterocycles. The molecular formula is C37H28N2. The zero-order valence-electron chi connectivity index (χ0n) is 21.8. The molecule has 2 heteroatoms. The second-order valence-electron chi connectivity index (χ2n) is 9.94. The maximum atomic E-state index is 2.32. The molecule has 0 N–H and O–H groups in total. The van der Waals surface area contributed by atoms with E-state index in [9.17, 15) is 0 Å². The van der Waals surface area contributed by atoms with E-state index in [4.69, 9.17) is 0 Å². The highest BCUT2D eigenvalue weighted by molar-refractivity contribution is 6.09. The highest BCUT2D eigenvalue weighted by Gasteiger charge is 2.14. The van der Waals surface area contributed by atoms with Crippen molar-refractivity contribution in [2.45, 2.75) is 0 Å². The molecule has 0 unspecified atom stereocenters. The lowest BCUT2D eigenvalue weighted by Gasteiger charge is -2.26. The van der Waals surface area contributed by atoms with Crippen LogP contribution in [-0.4, -0.2) is 4.57 Å². The van der Waals surface area contributed by atoms with Gasteiger partial charge >= 0.3 is 0 Å². The molecule has 186 valence electrons. The van der Waals surface area contributed by atoms with Crippen molar-refractivity contribution in [3.63, 3.8) is 0 Å². The van der Waals surface area contributed by atoms with Crippen molar-refractivity contribution in [3.05, 3.63) is 152 Å². The summed E-state index contributed by atoms with van der Waals surface area (Å²) in [5.74, 6) is 0. The summed E-state index contributed by atoms with van der Waals surface area (Å²) in [5, 5.41) is 2.58. The van der Waals surface area contributed by atoms with Crippen LogP contribution < -0.4 is 4.90 Å². The van der Waals surface area contributed by atoms with Crippen LogP contribution in [0.2, 0.25) is 0 Å². The van der Waals surface area contributed by atoms with Gasteiger partial charge in [-0.05, 0) is 76.9 Å². The third-order valence-corrected chi connectivity index (χ3v) is 7.60. The first-order valence-corrected chi connectivity index (χ1v) is 13.3. The van der Waals surface area contributed by atoms with Gasteiger partial charge in [0.15, 0.2) is 0 Å². The van der Waals surface area contributed by atoms with Crippen LogP contribution in [0.5, 0.6) is 0 Å². The fraction of sp³-hybridized carbons (Fsp3) is 0.0270. The molecule has 0 atom stereocenters. The van der Waals surface area contributed by atoms with Crippen LogP contribution >= 0.6 is 0 Å². The first-order valence-electron chi connectivity index (χ1n) is 13.3. The van der Waals surface area contributed by atoms with E-state index in [1.54, 1.807) is 0 Å². The number of benzene rings is 6. The van der Waals surface area contributed by atoms with Crippen molar-refractivity contribution in [1.29, 1.82) is 0 Å². The molecule has 0 aliphatic rings. The fourth-order valence-corrected chi connectivity index (χ4v) is 5.63. The Morgan fingerprint density at radius 3 is 1.72 bits per heavy atom. The number of hydrogen-bond donors (Lipinski definition) is 0. The molecule has 0 spiro atoms. The van der Waals surface area contributed by atoms with Gasteiger partial charge in [-0.15, -0.1) is 0 Å². The van der Waals surface area contributed by atoms with Crippen LogP contribution in [0, 0.1) is 0 Å². The number of fused-ring (bicyclic) bond motifs is 3. The normalized spacial score (nSPS) is 11.2. The summed E-state index contributed by atoms with van der Waals surface area (Å²) in [6, 6.07) is 54.3. The van der Waals surface area contributed by atoms with Gasteiger partial charge in [0.05, 0.1) is 0 Å². The lowest BCUT2D eigenvalue weighted by Crippen LogP contribution is -2.09. The van der Waals surface area contributed by atoms with Crippen molar-refractivity contribution in [2.75, 3.05) is 4.90 Å². The molecule has 0 saturated carbocycles. The minimum atomic E-state index is 1.13. The zero-order valence-corrected chi connectivity index (χ0v) is 21.8. The Morgan fingerprint density at radius 2 is 0.923 bits per heavy atom. The van der Waals surface area contributed by atoms with Crippen molar-refractivity contribution in [3.8, 4) is 22.3 Å². The lowest BCUT2D eigenvalue weighted by atomic mass is 10.0. The Bertz CT molecular complexity index is 1900. The van der Waals surface area contributed by atoms with Gasteiger partial charge in [-0.25, -0.2) is 0 Å². The fourth-order valence-electron chi connectivity index (χ4n) is 5.63. The molecule has 0 radical (unpaired) electrons. The smallest absolute Gasteiger partial charge is 0.0489 e. The van der Waals surface area contributed by atoms with Gasteiger partial charge in [-0.2, -0.15) is 0 Å². The highest BCUT2D eigenvalue weighted by Crippen LogP contribution is 2.38. The Hall–Kier alpha value is -5.08. The summed E-state index contributed by atoms with van der Waals surface area (Å²) in [5.41, 5.74) is 10.8. The van der Waals surface area contributed by atoms with Gasteiger partial charge in [0.2, 0.25) is 0 Å². The number of anilines is 3. The standard InChI is InChI=1S/C37H28N2/c1-38-36-18-9-8-17-34(36)35-26-30(21-24-37(35)38)28-19-22-32(23-20-28)39(31-14-6-3-7-15-31)33-16-10-13-29(25-33)27-11-4-2-5-12-27/h2-26H,1H3. The SMILES string of the molecule is Cn1c2ccccc2c2cc(-c3ccc(N(c4ccccc4)c4cccc(-c5ccccc5)c4)cc3)ccc21. The van der Waals surface area contributed by atoms with Crippen LogP contribution in [0.25, 0.3) is 44.1 Å². The van der Waals surface area contributed by atoms with Gasteiger partial charge in [-0.1, -0.05) is 97.1 Å². The van der Waals surface area contributed by atoms with Crippen molar-refractivity contribution >= 4 is 38.9 Å². The predicted octanol–water partition coefficient (Wildman–Crippen LogP) is 10.1. The predicted molar refractivity (Wildman–Crippen MR) is 166 cm³/mol. The average Bonchev–Trinajstić information content (AvgIpc) is 3.30. The third-order valence-electron chi connectivity index (χ3n) is 7.60. The Kier molecular flexibility index (Phi) is 5.71. The molecular weight excluding hydrogens is 472 g/mol. The van der Waals surface area contributed by atoms with Crippen molar-refractivity contribution < 1.29 is 0 Å². The topological polar surface area (TPSA) is 8.17 Å². The van der Waals surface area contributed by atoms with Gasteiger partial charge in [0, 0.05) is 45.9 Å². The Morgan fingerprint density at radius 1 is 0.385 bits per heavy atom. The number of aryl methyl sites for hydroxylation is 1. The maximum absolute atomic E-state index is 2.32. The van der Waals surface area contributed by atoms with E-state index in [0.29, 0.717) is 0 Å². The van der Waals surface area contributed by atoms with E-state index in [2.05, 4.69) is 168 Å². The molecule has 0 fully saturated rings. The molecule has 7 rings (SSSR count). The minimum absolute atomic E-state index is 1.13. The van der Waals surface area contributed by atoms with E-state index in [-0.39, 0.29) is 0 Å². The maximum Gasteiger partial charge on any atom is 0.0489 e. The van der Waals surface area contributed by atoms with Gasteiger partial charge in [0.25, 0.3) is 0 Å². The van der Waals surface area contributed by atoms with Crippen LogP contribution in [-0.2, 0) is 7.05 Å². The lowest BCUT2D eigenvalue weighted by molar-refractivity contribution is 1.01. The molecule has 1 aromatic heterocycles. The number of hydrogen-bond acceptors (Lipinski definition) is 1. The second kappa shape index (κ2) is 9.66. The van der Waals surface area contributed by atoms with Gasteiger partial charge in [0.1, 0.15) is 0 Å². The van der Waals surface area contributed by atoms with E-state index in [1.807, 2.05) is 0 Å². The molecule has 7 aromatic rings. The van der Waals surface area contributed by atoms with Gasteiger partial charge < -0.3 is 9.47 Å². The molecule has 0 amide bonds. The first-order chi connectivity index (χ1) is 19.3. The van der Waals surface area contributed by atoms with E-state index in [0.717, 1.165) is 17.1 Å². The molecule has 2 nitrogen and oxygen atoms in total. The molecule has 0 bridgehead atoms. The molecule has 6 aromatic carbocycles. The van der Waals surface area contributed by atoms with E-state index >= 15 is 0 Å². The molecule has 0 aliphatic heterocycles. The number of para-hydroxylation sites is 2. The summed E-state index contributed by atoms with van der Waals surface area (Å²) in [4.78, 5) is 2.32. The molecule has 1 heterocycles. The zero-order chi connectivity index (χ0) is 26.2. The molecule has 0 aliphatic carbocycles. The van der Waals surface area contributed by atoms with Gasteiger partial charge in [-0.3, -0.25) is 0 Å². The summed E-state index contributed by atoms with van der Waals surface area (Å²) < 4.78 is 2.28. The quantitative estimate of drug-likeness (QED) is 0.228. The summed E-state index contributed by atoms with van der Waals surface area (Å²) in [6.45, 7) is 0. The largest absolute Gasteiger partial charge is 0.344 e. The number of aromatic nitrogens is 1. The monoisotopic (exact) mass is 500 g/mol. The number of rotatable bonds is 5. The van der Waals surface area contributed by atoms with Crippen molar-refractivity contribution in [2.24, 2.45) is 7.05 Å². The van der Waals surface area contributed by atoms with Crippen LogP contribution in [0.15, 0.2) is 152 Å². The number of nitrogens with zero attached hydrogens (tertiary/aromatic N) is 2. The van der Waals surface area contributed by atoms with E-state index < -0.39 is 0 Å². The Balaban J connectivity index is 1.30. The van der Waals surface area contributed by atoms with Crippen LogP contribution in [0.4, 0.5) is 17.1 Å². The van der Waals surface area contributed by atoms with Crippen LogP contribution in [0.1, 0.15) is 0 Å². The average molecular weight is 501 g/mol. The van der Waals surface area contributed by atoms with E-state index in [1.165, 1.54) is 44.1 Å². The first kappa shape index (κ1) is 23.1. The minimum Gasteiger partial charge on any atom is -0.344 e. The third kappa shape index (κ3) is 4.17. The second-order valence-corrected chi connectivity index (χ2v) is 9.94.